The lowest BCUT2D eigenvalue weighted by Gasteiger charge is -2.35. The van der Waals surface area contributed by atoms with E-state index in [-0.39, 0.29) is 5.89 Å². The molecule has 17 heavy (non-hydrogen) atoms. The van der Waals surface area contributed by atoms with Crippen LogP contribution in [-0.2, 0) is 10.3 Å². The van der Waals surface area contributed by atoms with E-state index in [1.807, 2.05) is 0 Å². The van der Waals surface area contributed by atoms with Crippen LogP contribution in [0.2, 0.25) is 0 Å². The molecule has 1 heterocycles. The molecule has 0 unspecified atom stereocenters. The molecule has 0 saturated heterocycles. The van der Waals surface area contributed by atoms with Crippen molar-refractivity contribution in [2.75, 3.05) is 7.11 Å². The molecule has 1 N–H and O–H groups in total. The van der Waals surface area contributed by atoms with Gasteiger partial charge in [0.1, 0.15) is 11.7 Å². The van der Waals surface area contributed by atoms with Crippen LogP contribution in [0, 0.1) is 5.92 Å². The van der Waals surface area contributed by atoms with Gasteiger partial charge in [0.25, 0.3) is 5.89 Å². The number of nitrogens with zero attached hydrogens (tertiary/aromatic N) is 2. The summed E-state index contributed by atoms with van der Waals surface area (Å²) >= 11 is 0. The fraction of sp³-hybridized carbons (Fsp3) is 0.833. The lowest BCUT2D eigenvalue weighted by Crippen LogP contribution is -2.34. The fourth-order valence-corrected chi connectivity index (χ4v) is 2.34. The molecule has 1 aliphatic carbocycles. The molecule has 96 valence electrons. The molecule has 0 amide bonds. The second kappa shape index (κ2) is 4.74. The van der Waals surface area contributed by atoms with Crippen LogP contribution >= 0.6 is 0 Å². The molecule has 0 radical (unpaired) electrons. The lowest BCUT2D eigenvalue weighted by molar-refractivity contribution is -0.0609. The predicted molar refractivity (Wildman–Crippen MR) is 61.3 cm³/mol. The van der Waals surface area contributed by atoms with E-state index in [1.54, 1.807) is 14.0 Å². The van der Waals surface area contributed by atoms with Gasteiger partial charge in [-0.25, -0.2) is 0 Å². The van der Waals surface area contributed by atoms with Crippen molar-refractivity contribution in [3.8, 4) is 0 Å². The molecular formula is C12H20N2O3. The summed E-state index contributed by atoms with van der Waals surface area (Å²) in [4.78, 5) is 4.25. The van der Waals surface area contributed by atoms with E-state index in [2.05, 4.69) is 17.1 Å². The summed E-state index contributed by atoms with van der Waals surface area (Å²) in [5, 5.41) is 13.4. The Hall–Kier alpha value is -0.940. The maximum absolute atomic E-state index is 9.40. The van der Waals surface area contributed by atoms with E-state index in [0.717, 1.165) is 31.6 Å². The van der Waals surface area contributed by atoms with Crippen molar-refractivity contribution < 1.29 is 14.4 Å². The first-order chi connectivity index (χ1) is 8.07. The summed E-state index contributed by atoms with van der Waals surface area (Å²) in [5.41, 5.74) is -0.427. The van der Waals surface area contributed by atoms with Crippen LogP contribution in [-0.4, -0.2) is 22.4 Å². The van der Waals surface area contributed by atoms with Gasteiger partial charge in [-0.2, -0.15) is 4.98 Å². The Balaban J connectivity index is 2.22. The molecule has 1 aliphatic rings. The monoisotopic (exact) mass is 240 g/mol. The van der Waals surface area contributed by atoms with Crippen LogP contribution in [0.1, 0.15) is 57.3 Å². The van der Waals surface area contributed by atoms with E-state index in [4.69, 9.17) is 9.26 Å². The van der Waals surface area contributed by atoms with Gasteiger partial charge in [-0.1, -0.05) is 12.1 Å². The zero-order valence-electron chi connectivity index (χ0n) is 10.6. The largest absolute Gasteiger partial charge is 0.384 e. The first kappa shape index (κ1) is 12.5. The minimum atomic E-state index is -0.729. The second-order valence-electron chi connectivity index (χ2n) is 5.01. The Bertz CT molecular complexity index is 368. The number of aromatic nitrogens is 2. The van der Waals surface area contributed by atoms with Crippen molar-refractivity contribution in [3.63, 3.8) is 0 Å². The Kier molecular flexibility index (Phi) is 3.49. The number of hydrogen-bond acceptors (Lipinski definition) is 5. The molecule has 1 aromatic rings. The number of aliphatic hydroxyl groups is 1. The zero-order valence-corrected chi connectivity index (χ0v) is 10.6. The minimum Gasteiger partial charge on any atom is -0.384 e. The molecule has 0 aliphatic heterocycles. The normalized spacial score (nSPS) is 31.4. The fourth-order valence-electron chi connectivity index (χ4n) is 2.34. The van der Waals surface area contributed by atoms with Gasteiger partial charge in [-0.3, -0.25) is 0 Å². The van der Waals surface area contributed by atoms with Crippen LogP contribution in [0.3, 0.4) is 0 Å². The van der Waals surface area contributed by atoms with E-state index in [9.17, 15) is 5.11 Å². The van der Waals surface area contributed by atoms with Crippen LogP contribution in [0.25, 0.3) is 0 Å². The van der Waals surface area contributed by atoms with E-state index >= 15 is 0 Å². The molecule has 0 aromatic carbocycles. The molecule has 0 spiro atoms. The highest BCUT2D eigenvalue weighted by Crippen LogP contribution is 2.40. The van der Waals surface area contributed by atoms with Crippen molar-refractivity contribution in [1.29, 1.82) is 0 Å². The SMILES string of the molecule is COC1(c2noc([C@H](C)O)n2)CCC(C)CC1. The number of methoxy groups -OCH3 is 1. The highest BCUT2D eigenvalue weighted by molar-refractivity contribution is 5.04. The summed E-state index contributed by atoms with van der Waals surface area (Å²) in [7, 11) is 1.69. The topological polar surface area (TPSA) is 68.4 Å². The quantitative estimate of drug-likeness (QED) is 0.877. The predicted octanol–water partition coefficient (Wildman–Crippen LogP) is 2.17. The highest BCUT2D eigenvalue weighted by atomic mass is 16.5. The van der Waals surface area contributed by atoms with Crippen molar-refractivity contribution in [2.45, 2.75) is 51.2 Å². The number of rotatable bonds is 3. The zero-order chi connectivity index (χ0) is 12.5. The van der Waals surface area contributed by atoms with Gasteiger partial charge in [0.05, 0.1) is 0 Å². The third-order valence-corrected chi connectivity index (χ3v) is 3.68. The van der Waals surface area contributed by atoms with Crippen molar-refractivity contribution >= 4 is 0 Å². The van der Waals surface area contributed by atoms with Gasteiger partial charge in [0.15, 0.2) is 0 Å². The summed E-state index contributed by atoms with van der Waals surface area (Å²) < 4.78 is 10.7. The molecule has 5 nitrogen and oxygen atoms in total. The molecule has 0 bridgehead atoms. The number of hydrogen-bond donors (Lipinski definition) is 1. The van der Waals surface area contributed by atoms with Crippen molar-refractivity contribution in [2.24, 2.45) is 5.92 Å². The van der Waals surface area contributed by atoms with Gasteiger partial charge >= 0.3 is 0 Å². The summed E-state index contributed by atoms with van der Waals surface area (Å²) in [6.45, 7) is 3.86. The third kappa shape index (κ3) is 2.35. The van der Waals surface area contributed by atoms with Gasteiger partial charge < -0.3 is 14.4 Å². The number of aliphatic hydroxyl groups excluding tert-OH is 1. The van der Waals surface area contributed by atoms with Gasteiger partial charge in [-0.15, -0.1) is 0 Å². The molecule has 1 aromatic heterocycles. The lowest BCUT2D eigenvalue weighted by atomic mass is 9.79. The Labute approximate surface area is 101 Å². The summed E-state index contributed by atoms with van der Waals surface area (Å²) in [6, 6.07) is 0. The van der Waals surface area contributed by atoms with E-state index < -0.39 is 11.7 Å². The van der Waals surface area contributed by atoms with Gasteiger partial charge in [-0.05, 0) is 38.5 Å². The van der Waals surface area contributed by atoms with Crippen LogP contribution in [0.4, 0.5) is 0 Å². The Morgan fingerprint density at radius 3 is 2.59 bits per heavy atom. The van der Waals surface area contributed by atoms with Crippen molar-refractivity contribution in [3.05, 3.63) is 11.7 Å². The van der Waals surface area contributed by atoms with Gasteiger partial charge in [0.2, 0.25) is 5.82 Å². The standard InChI is InChI=1S/C12H20N2O3/c1-8-4-6-12(16-3,7-5-8)11-13-10(9(2)15)17-14-11/h8-9,15H,4-7H2,1-3H3/t8?,9-,12?/m0/s1. The maximum Gasteiger partial charge on any atom is 0.255 e. The molecule has 1 atom stereocenters. The highest BCUT2D eigenvalue weighted by Gasteiger charge is 2.40. The maximum atomic E-state index is 9.40. The number of ether oxygens (including phenoxy) is 1. The van der Waals surface area contributed by atoms with Crippen LogP contribution in [0.5, 0.6) is 0 Å². The summed E-state index contributed by atoms with van der Waals surface area (Å²) in [6.07, 6.45) is 3.29. The molecule has 5 heteroatoms. The third-order valence-electron chi connectivity index (χ3n) is 3.68. The first-order valence-electron chi connectivity index (χ1n) is 6.15. The van der Waals surface area contributed by atoms with Gasteiger partial charge in [0, 0.05) is 7.11 Å². The van der Waals surface area contributed by atoms with Crippen LogP contribution < -0.4 is 0 Å². The smallest absolute Gasteiger partial charge is 0.255 e. The average molecular weight is 240 g/mol. The molecule has 1 fully saturated rings. The minimum absolute atomic E-state index is 0.259. The molecular weight excluding hydrogens is 220 g/mol. The van der Waals surface area contributed by atoms with E-state index in [1.165, 1.54) is 0 Å². The Morgan fingerprint density at radius 2 is 2.12 bits per heavy atom. The first-order valence-corrected chi connectivity index (χ1v) is 6.15. The average Bonchev–Trinajstić information content (AvgIpc) is 2.81. The molecule has 1 saturated carbocycles. The van der Waals surface area contributed by atoms with Crippen LogP contribution in [0.15, 0.2) is 4.52 Å². The molecule has 2 rings (SSSR count). The van der Waals surface area contributed by atoms with E-state index in [0.29, 0.717) is 5.82 Å². The van der Waals surface area contributed by atoms with Crippen molar-refractivity contribution in [1.82, 2.24) is 10.1 Å². The second-order valence-corrected chi connectivity index (χ2v) is 5.01. The Morgan fingerprint density at radius 1 is 1.47 bits per heavy atom. The summed E-state index contributed by atoms with van der Waals surface area (Å²) in [5.74, 6) is 1.55.